The second-order valence-electron chi connectivity index (χ2n) is 7.62. The molecule has 3 rings (SSSR count). The molecule has 0 saturated carbocycles. The lowest BCUT2D eigenvalue weighted by atomic mass is 9.88. The number of carbonyl (C=O) groups is 2. The van der Waals surface area contributed by atoms with Gasteiger partial charge >= 0.3 is 0 Å². The molecule has 6 heteroatoms. The Labute approximate surface area is 169 Å². The van der Waals surface area contributed by atoms with Gasteiger partial charge in [0.25, 0.3) is 5.91 Å². The lowest BCUT2D eigenvalue weighted by Crippen LogP contribution is -2.37. The number of hydrogen-bond donors (Lipinski definition) is 1. The summed E-state index contributed by atoms with van der Waals surface area (Å²) in [6.45, 7) is 5.28. The smallest absolute Gasteiger partial charge is 0.253 e. The molecular formula is C22H24ClFN2O2. The highest BCUT2D eigenvalue weighted by Gasteiger charge is 2.40. The lowest BCUT2D eigenvalue weighted by molar-refractivity contribution is -0.125. The van der Waals surface area contributed by atoms with Gasteiger partial charge in [0.1, 0.15) is 5.82 Å². The van der Waals surface area contributed by atoms with E-state index in [1.54, 1.807) is 35.2 Å². The standard InChI is InChI=1S/C22H24ClFN2O2/c1-14(2)11-25-21(27)20-13-26(22(28)15-6-8-17(23)9-7-15)12-19(20)16-4-3-5-18(24)10-16/h3-10,14,19-20H,11-13H2,1-2H3,(H,25,27). The van der Waals surface area contributed by atoms with Crippen LogP contribution in [-0.2, 0) is 4.79 Å². The molecule has 2 aromatic rings. The number of rotatable bonds is 5. The van der Waals surface area contributed by atoms with E-state index in [0.29, 0.717) is 36.1 Å². The Hall–Kier alpha value is -2.40. The minimum atomic E-state index is -0.420. The van der Waals surface area contributed by atoms with Crippen molar-refractivity contribution in [1.29, 1.82) is 0 Å². The molecule has 1 aliphatic rings. The second-order valence-corrected chi connectivity index (χ2v) is 8.06. The molecule has 1 aliphatic heterocycles. The van der Waals surface area contributed by atoms with Crippen LogP contribution in [0.2, 0.25) is 5.02 Å². The zero-order valence-corrected chi connectivity index (χ0v) is 16.7. The fourth-order valence-electron chi connectivity index (χ4n) is 3.52. The molecule has 1 heterocycles. The van der Waals surface area contributed by atoms with Gasteiger partial charge in [-0.1, -0.05) is 37.6 Å². The van der Waals surface area contributed by atoms with Gasteiger partial charge in [-0.05, 0) is 47.9 Å². The molecular weight excluding hydrogens is 379 g/mol. The summed E-state index contributed by atoms with van der Waals surface area (Å²) in [7, 11) is 0. The molecule has 4 nitrogen and oxygen atoms in total. The number of nitrogens with zero attached hydrogens (tertiary/aromatic N) is 1. The van der Waals surface area contributed by atoms with E-state index in [4.69, 9.17) is 11.6 Å². The third kappa shape index (κ3) is 4.71. The SMILES string of the molecule is CC(C)CNC(=O)C1CN(C(=O)c2ccc(Cl)cc2)CC1c1cccc(F)c1. The molecule has 2 atom stereocenters. The minimum absolute atomic E-state index is 0.102. The Kier molecular flexibility index (Phi) is 6.35. The van der Waals surface area contributed by atoms with Crippen LogP contribution >= 0.6 is 11.6 Å². The van der Waals surface area contributed by atoms with E-state index in [0.717, 1.165) is 5.56 Å². The Morgan fingerprint density at radius 3 is 2.54 bits per heavy atom. The third-order valence-electron chi connectivity index (χ3n) is 5.00. The summed E-state index contributed by atoms with van der Waals surface area (Å²) in [5.41, 5.74) is 1.25. The molecule has 0 aromatic heterocycles. The zero-order valence-electron chi connectivity index (χ0n) is 16.0. The second kappa shape index (κ2) is 8.74. The highest BCUT2D eigenvalue weighted by molar-refractivity contribution is 6.30. The number of amides is 2. The lowest BCUT2D eigenvalue weighted by Gasteiger charge is -2.19. The first-order valence-corrected chi connectivity index (χ1v) is 9.81. The first-order valence-electron chi connectivity index (χ1n) is 9.43. The Morgan fingerprint density at radius 2 is 1.89 bits per heavy atom. The monoisotopic (exact) mass is 402 g/mol. The molecule has 0 bridgehead atoms. The highest BCUT2D eigenvalue weighted by atomic mass is 35.5. The number of hydrogen-bond acceptors (Lipinski definition) is 2. The first kappa shape index (κ1) is 20.3. The maximum absolute atomic E-state index is 13.8. The van der Waals surface area contributed by atoms with Gasteiger partial charge in [0.15, 0.2) is 0 Å². The summed E-state index contributed by atoms with van der Waals surface area (Å²) in [4.78, 5) is 27.4. The van der Waals surface area contributed by atoms with E-state index >= 15 is 0 Å². The number of benzene rings is 2. The topological polar surface area (TPSA) is 49.4 Å². The minimum Gasteiger partial charge on any atom is -0.356 e. The van der Waals surface area contributed by atoms with Crippen LogP contribution in [0.15, 0.2) is 48.5 Å². The van der Waals surface area contributed by atoms with Gasteiger partial charge < -0.3 is 10.2 Å². The quantitative estimate of drug-likeness (QED) is 0.818. The van der Waals surface area contributed by atoms with Crippen molar-refractivity contribution < 1.29 is 14.0 Å². The van der Waals surface area contributed by atoms with Crippen molar-refractivity contribution in [3.63, 3.8) is 0 Å². The van der Waals surface area contributed by atoms with Crippen LogP contribution in [-0.4, -0.2) is 36.3 Å². The Balaban J connectivity index is 1.84. The van der Waals surface area contributed by atoms with Gasteiger partial charge in [0, 0.05) is 36.1 Å². The molecule has 148 valence electrons. The summed E-state index contributed by atoms with van der Waals surface area (Å²) >= 11 is 5.91. The van der Waals surface area contributed by atoms with Gasteiger partial charge in [-0.2, -0.15) is 0 Å². The van der Waals surface area contributed by atoms with Crippen molar-refractivity contribution in [3.05, 3.63) is 70.5 Å². The molecule has 0 spiro atoms. The van der Waals surface area contributed by atoms with Crippen LogP contribution < -0.4 is 5.32 Å². The molecule has 0 aliphatic carbocycles. The van der Waals surface area contributed by atoms with E-state index in [2.05, 4.69) is 5.32 Å². The summed E-state index contributed by atoms with van der Waals surface area (Å²) in [5, 5.41) is 3.51. The molecule has 1 N–H and O–H groups in total. The van der Waals surface area contributed by atoms with Crippen LogP contribution in [0.1, 0.15) is 35.7 Å². The average Bonchev–Trinajstić information content (AvgIpc) is 3.11. The highest BCUT2D eigenvalue weighted by Crippen LogP contribution is 2.34. The predicted octanol–water partition coefficient (Wildman–Crippen LogP) is 4.11. The van der Waals surface area contributed by atoms with Gasteiger partial charge in [-0.15, -0.1) is 0 Å². The van der Waals surface area contributed by atoms with Crippen molar-refractivity contribution in [3.8, 4) is 0 Å². The molecule has 1 fully saturated rings. The van der Waals surface area contributed by atoms with E-state index in [-0.39, 0.29) is 23.5 Å². The molecule has 1 saturated heterocycles. The molecule has 2 aromatic carbocycles. The maximum Gasteiger partial charge on any atom is 0.253 e. The fraction of sp³-hybridized carbons (Fsp3) is 0.364. The van der Waals surface area contributed by atoms with Crippen molar-refractivity contribution in [2.24, 2.45) is 11.8 Å². The van der Waals surface area contributed by atoms with Gasteiger partial charge in [0.05, 0.1) is 5.92 Å². The number of halogens is 2. The van der Waals surface area contributed by atoms with Crippen LogP contribution in [0.4, 0.5) is 4.39 Å². The van der Waals surface area contributed by atoms with E-state index < -0.39 is 5.92 Å². The largest absolute Gasteiger partial charge is 0.356 e. The Morgan fingerprint density at radius 1 is 1.18 bits per heavy atom. The zero-order chi connectivity index (χ0) is 20.3. The van der Waals surface area contributed by atoms with Gasteiger partial charge in [0.2, 0.25) is 5.91 Å². The normalized spacial score (nSPS) is 19.1. The maximum atomic E-state index is 13.8. The summed E-state index contributed by atoms with van der Waals surface area (Å²) in [6, 6.07) is 13.0. The van der Waals surface area contributed by atoms with Gasteiger partial charge in [-0.3, -0.25) is 9.59 Å². The van der Waals surface area contributed by atoms with E-state index in [9.17, 15) is 14.0 Å². The Bertz CT molecular complexity index is 854. The predicted molar refractivity (Wildman–Crippen MR) is 108 cm³/mol. The molecule has 2 unspecified atom stereocenters. The number of nitrogens with one attached hydrogen (secondary N) is 1. The van der Waals surface area contributed by atoms with E-state index in [1.807, 2.05) is 19.9 Å². The molecule has 28 heavy (non-hydrogen) atoms. The first-order chi connectivity index (χ1) is 13.3. The summed E-state index contributed by atoms with van der Waals surface area (Å²) < 4.78 is 13.8. The van der Waals surface area contributed by atoms with Crippen LogP contribution in [0.5, 0.6) is 0 Å². The van der Waals surface area contributed by atoms with E-state index in [1.165, 1.54) is 12.1 Å². The fourth-order valence-corrected chi connectivity index (χ4v) is 3.65. The summed E-state index contributed by atoms with van der Waals surface area (Å²) in [6.07, 6.45) is 0. The third-order valence-corrected chi connectivity index (χ3v) is 5.25. The number of carbonyl (C=O) groups excluding carboxylic acids is 2. The van der Waals surface area contributed by atoms with Crippen molar-refractivity contribution in [1.82, 2.24) is 10.2 Å². The summed E-state index contributed by atoms with van der Waals surface area (Å²) in [5.74, 6) is -0.950. The van der Waals surface area contributed by atoms with Crippen molar-refractivity contribution in [2.45, 2.75) is 19.8 Å². The molecule has 0 radical (unpaired) electrons. The van der Waals surface area contributed by atoms with Crippen LogP contribution in [0.25, 0.3) is 0 Å². The van der Waals surface area contributed by atoms with Crippen LogP contribution in [0, 0.1) is 17.7 Å². The van der Waals surface area contributed by atoms with Crippen molar-refractivity contribution >= 4 is 23.4 Å². The average molecular weight is 403 g/mol. The molecule has 2 amide bonds. The van der Waals surface area contributed by atoms with Crippen molar-refractivity contribution in [2.75, 3.05) is 19.6 Å². The van der Waals surface area contributed by atoms with Gasteiger partial charge in [-0.25, -0.2) is 4.39 Å². The number of likely N-dealkylation sites (tertiary alicyclic amines) is 1. The van der Waals surface area contributed by atoms with Crippen LogP contribution in [0.3, 0.4) is 0 Å².